The monoisotopic (exact) mass is 306 g/mol. The smallest absolute Gasteiger partial charge is 0.0223 e. The highest BCUT2D eigenvalue weighted by atomic mass is 32.8. The SMILES string of the molecule is CCCCCCCCCCCCCCCCS(O)=S. The van der Waals surface area contributed by atoms with Gasteiger partial charge in [-0.15, -0.1) is 0 Å². The van der Waals surface area contributed by atoms with Crippen molar-refractivity contribution in [3.05, 3.63) is 0 Å². The Balaban J connectivity index is 2.93. The standard InChI is InChI=1S/C16H34OS2/c1-2-3-4-5-6-7-8-9-10-11-12-13-14-15-16-19(17)18/h2-16H2,1H3,(H,17,18). The Labute approximate surface area is 128 Å². The van der Waals surface area contributed by atoms with Gasteiger partial charge in [0.2, 0.25) is 0 Å². The Morgan fingerprint density at radius 3 is 1.26 bits per heavy atom. The molecule has 116 valence electrons. The van der Waals surface area contributed by atoms with Crippen LogP contribution in [0.25, 0.3) is 0 Å². The lowest BCUT2D eigenvalue weighted by Crippen LogP contribution is -1.92. The van der Waals surface area contributed by atoms with E-state index in [9.17, 15) is 0 Å². The normalized spacial score (nSPS) is 12.7. The summed E-state index contributed by atoms with van der Waals surface area (Å²) in [7, 11) is -0.748. The largest absolute Gasteiger partial charge is 0.327 e. The predicted molar refractivity (Wildman–Crippen MR) is 92.5 cm³/mol. The van der Waals surface area contributed by atoms with Crippen molar-refractivity contribution in [1.82, 2.24) is 0 Å². The summed E-state index contributed by atoms with van der Waals surface area (Å²) in [6.45, 7) is 2.28. The van der Waals surface area contributed by atoms with Crippen LogP contribution in [0.4, 0.5) is 0 Å². The van der Waals surface area contributed by atoms with Gasteiger partial charge in [-0.25, -0.2) is 0 Å². The molecule has 1 nitrogen and oxygen atoms in total. The van der Waals surface area contributed by atoms with Crippen LogP contribution >= 0.6 is 0 Å². The molecule has 0 bridgehead atoms. The molecule has 0 spiro atoms. The minimum atomic E-state index is -0.748. The van der Waals surface area contributed by atoms with Crippen LogP contribution in [0.3, 0.4) is 0 Å². The van der Waals surface area contributed by atoms with Crippen molar-refractivity contribution in [2.24, 2.45) is 0 Å². The Morgan fingerprint density at radius 2 is 0.947 bits per heavy atom. The topological polar surface area (TPSA) is 20.2 Å². The van der Waals surface area contributed by atoms with E-state index in [2.05, 4.69) is 6.92 Å². The second-order valence-corrected chi connectivity index (χ2v) is 7.83. The first kappa shape index (κ1) is 19.5. The second kappa shape index (κ2) is 16.6. The summed E-state index contributed by atoms with van der Waals surface area (Å²) < 4.78 is 8.99. The van der Waals surface area contributed by atoms with Crippen molar-refractivity contribution < 1.29 is 4.55 Å². The van der Waals surface area contributed by atoms with Gasteiger partial charge in [0, 0.05) is 15.5 Å². The molecule has 1 atom stereocenters. The van der Waals surface area contributed by atoms with Crippen molar-refractivity contribution in [2.75, 3.05) is 5.75 Å². The molecule has 0 fully saturated rings. The van der Waals surface area contributed by atoms with Crippen molar-refractivity contribution in [3.8, 4) is 0 Å². The molecule has 0 aromatic carbocycles. The van der Waals surface area contributed by atoms with Gasteiger partial charge < -0.3 is 4.55 Å². The summed E-state index contributed by atoms with van der Waals surface area (Å²) in [5.74, 6) is 0.827. The maximum Gasteiger partial charge on any atom is 0.0223 e. The van der Waals surface area contributed by atoms with Gasteiger partial charge in [0.15, 0.2) is 0 Å². The molecule has 0 saturated carbocycles. The lowest BCUT2D eigenvalue weighted by atomic mass is 10.0. The summed E-state index contributed by atoms with van der Waals surface area (Å²) in [6, 6.07) is 0. The quantitative estimate of drug-likeness (QED) is 0.373. The average Bonchev–Trinajstić information content (AvgIpc) is 2.39. The van der Waals surface area contributed by atoms with Crippen LogP contribution in [-0.4, -0.2) is 10.3 Å². The molecule has 1 N–H and O–H groups in total. The summed E-state index contributed by atoms with van der Waals surface area (Å²) in [5.41, 5.74) is 0. The van der Waals surface area contributed by atoms with Crippen LogP contribution < -0.4 is 0 Å². The van der Waals surface area contributed by atoms with E-state index in [0.717, 1.165) is 12.2 Å². The van der Waals surface area contributed by atoms with Crippen molar-refractivity contribution in [2.45, 2.75) is 96.8 Å². The van der Waals surface area contributed by atoms with Crippen molar-refractivity contribution in [3.63, 3.8) is 0 Å². The fourth-order valence-electron chi connectivity index (χ4n) is 2.42. The number of hydrogen-bond donors (Lipinski definition) is 1. The number of hydrogen-bond acceptors (Lipinski definition) is 1. The Morgan fingerprint density at radius 1 is 0.632 bits per heavy atom. The third kappa shape index (κ3) is 18.5. The molecular weight excluding hydrogens is 272 g/mol. The molecule has 3 heteroatoms. The van der Waals surface area contributed by atoms with Gasteiger partial charge in [-0.3, -0.25) is 0 Å². The molecule has 0 aromatic rings. The average molecular weight is 307 g/mol. The molecule has 0 aliphatic heterocycles. The van der Waals surface area contributed by atoms with Gasteiger partial charge in [0.05, 0.1) is 0 Å². The van der Waals surface area contributed by atoms with E-state index in [-0.39, 0.29) is 0 Å². The Bertz CT molecular complexity index is 195. The van der Waals surface area contributed by atoms with Crippen LogP contribution in [0.5, 0.6) is 0 Å². The van der Waals surface area contributed by atoms with Crippen LogP contribution in [0.2, 0.25) is 0 Å². The highest BCUT2D eigenvalue weighted by Crippen LogP contribution is 2.12. The molecule has 0 aliphatic rings. The van der Waals surface area contributed by atoms with Gasteiger partial charge >= 0.3 is 0 Å². The first-order valence-corrected chi connectivity index (χ1v) is 10.6. The molecule has 0 aliphatic carbocycles. The lowest BCUT2D eigenvalue weighted by molar-refractivity contribution is 0.538. The molecule has 19 heavy (non-hydrogen) atoms. The van der Waals surface area contributed by atoms with Crippen LogP contribution in [-0.2, 0) is 20.9 Å². The fraction of sp³-hybridized carbons (Fsp3) is 1.00. The third-order valence-corrected chi connectivity index (χ3v) is 4.81. The molecule has 1 unspecified atom stereocenters. The highest BCUT2D eigenvalue weighted by Gasteiger charge is 1.94. The molecule has 0 amide bonds. The van der Waals surface area contributed by atoms with E-state index in [1.165, 1.54) is 83.5 Å². The number of unbranched alkanes of at least 4 members (excludes halogenated alkanes) is 13. The lowest BCUT2D eigenvalue weighted by Gasteiger charge is -2.03. The van der Waals surface area contributed by atoms with E-state index >= 15 is 0 Å². The maximum atomic E-state index is 8.99. The van der Waals surface area contributed by atoms with Gasteiger partial charge in [-0.1, -0.05) is 90.4 Å². The summed E-state index contributed by atoms with van der Waals surface area (Å²) in [6.07, 6.45) is 19.3. The maximum absolute atomic E-state index is 8.99. The van der Waals surface area contributed by atoms with E-state index in [1.807, 2.05) is 0 Å². The van der Waals surface area contributed by atoms with E-state index in [4.69, 9.17) is 15.7 Å². The van der Waals surface area contributed by atoms with Crippen LogP contribution in [0.1, 0.15) is 96.8 Å². The van der Waals surface area contributed by atoms with E-state index < -0.39 is 9.74 Å². The van der Waals surface area contributed by atoms with Gasteiger partial charge in [-0.05, 0) is 17.6 Å². The zero-order chi connectivity index (χ0) is 14.2. The molecule has 0 radical (unpaired) electrons. The third-order valence-electron chi connectivity index (χ3n) is 3.67. The molecule has 0 aromatic heterocycles. The summed E-state index contributed by atoms with van der Waals surface area (Å²) >= 11 is 4.76. The molecule has 0 saturated heterocycles. The summed E-state index contributed by atoms with van der Waals surface area (Å²) in [5, 5.41) is 0. The van der Waals surface area contributed by atoms with E-state index in [0.29, 0.717) is 0 Å². The van der Waals surface area contributed by atoms with Crippen LogP contribution in [0.15, 0.2) is 0 Å². The van der Waals surface area contributed by atoms with Crippen LogP contribution in [0, 0.1) is 0 Å². The predicted octanol–water partition coefficient (Wildman–Crippen LogP) is 6.02. The fourth-order valence-corrected chi connectivity index (χ4v) is 3.22. The minimum absolute atomic E-state index is 0.748. The minimum Gasteiger partial charge on any atom is -0.327 e. The van der Waals surface area contributed by atoms with Gasteiger partial charge in [0.25, 0.3) is 0 Å². The Hall–Kier alpha value is 0.530. The molecule has 0 rings (SSSR count). The zero-order valence-electron chi connectivity index (χ0n) is 12.9. The second-order valence-electron chi connectivity index (χ2n) is 5.62. The number of rotatable bonds is 15. The highest BCUT2D eigenvalue weighted by molar-refractivity contribution is 8.25. The van der Waals surface area contributed by atoms with Crippen molar-refractivity contribution in [1.29, 1.82) is 0 Å². The first-order chi connectivity index (χ1) is 9.27. The van der Waals surface area contributed by atoms with Crippen molar-refractivity contribution >= 4 is 20.9 Å². The summed E-state index contributed by atoms with van der Waals surface area (Å²) in [4.78, 5) is 0. The van der Waals surface area contributed by atoms with Gasteiger partial charge in [-0.2, -0.15) is 0 Å². The van der Waals surface area contributed by atoms with Gasteiger partial charge in [0.1, 0.15) is 0 Å². The Kier molecular flexibility index (Phi) is 17.0. The van der Waals surface area contributed by atoms with E-state index in [1.54, 1.807) is 0 Å². The first-order valence-electron chi connectivity index (χ1n) is 8.35. The zero-order valence-corrected chi connectivity index (χ0v) is 14.5. The molecular formula is C16H34OS2. The molecule has 0 heterocycles.